The SMILES string of the molecule is CC1CC(C#N)(C(=O)NCCc2ccc(O)cc2)C1. The van der Waals surface area contributed by atoms with E-state index in [1.54, 1.807) is 12.1 Å². The topological polar surface area (TPSA) is 73.1 Å². The molecule has 2 rings (SSSR count). The Morgan fingerprint density at radius 3 is 2.63 bits per heavy atom. The molecule has 2 N–H and O–H groups in total. The Balaban J connectivity index is 1.81. The van der Waals surface area contributed by atoms with Gasteiger partial charge < -0.3 is 10.4 Å². The average Bonchev–Trinajstić information content (AvgIpc) is 2.37. The summed E-state index contributed by atoms with van der Waals surface area (Å²) in [6.07, 6.45) is 2.02. The lowest BCUT2D eigenvalue weighted by atomic mass is 9.63. The summed E-state index contributed by atoms with van der Waals surface area (Å²) in [5, 5.41) is 21.1. The number of carbonyl (C=O) groups is 1. The molecule has 100 valence electrons. The second kappa shape index (κ2) is 5.31. The van der Waals surface area contributed by atoms with Gasteiger partial charge >= 0.3 is 0 Å². The van der Waals surface area contributed by atoms with E-state index < -0.39 is 5.41 Å². The molecule has 1 aliphatic rings. The van der Waals surface area contributed by atoms with Crippen molar-refractivity contribution in [2.75, 3.05) is 6.54 Å². The first-order valence-electron chi connectivity index (χ1n) is 6.53. The van der Waals surface area contributed by atoms with Gasteiger partial charge in [-0.15, -0.1) is 0 Å². The van der Waals surface area contributed by atoms with Crippen molar-refractivity contribution in [2.45, 2.75) is 26.2 Å². The van der Waals surface area contributed by atoms with Gasteiger partial charge in [-0.05, 0) is 42.9 Å². The number of aromatic hydroxyl groups is 1. The molecule has 1 aliphatic carbocycles. The van der Waals surface area contributed by atoms with Gasteiger partial charge in [-0.3, -0.25) is 4.79 Å². The highest BCUT2D eigenvalue weighted by Crippen LogP contribution is 2.44. The molecule has 1 aromatic carbocycles. The molecule has 0 aromatic heterocycles. The van der Waals surface area contributed by atoms with E-state index in [-0.39, 0.29) is 11.7 Å². The summed E-state index contributed by atoms with van der Waals surface area (Å²) in [5.41, 5.74) is 0.250. The molecule has 19 heavy (non-hydrogen) atoms. The Kier molecular flexibility index (Phi) is 3.75. The van der Waals surface area contributed by atoms with Gasteiger partial charge in [0.05, 0.1) is 6.07 Å². The molecule has 0 spiro atoms. The maximum atomic E-state index is 12.0. The number of phenols is 1. The van der Waals surface area contributed by atoms with Crippen molar-refractivity contribution in [2.24, 2.45) is 11.3 Å². The summed E-state index contributed by atoms with van der Waals surface area (Å²) in [5.74, 6) is 0.550. The third kappa shape index (κ3) is 2.87. The van der Waals surface area contributed by atoms with Gasteiger partial charge in [-0.25, -0.2) is 0 Å². The first-order valence-corrected chi connectivity index (χ1v) is 6.53. The number of hydrogen-bond donors (Lipinski definition) is 2. The number of rotatable bonds is 4. The van der Waals surface area contributed by atoms with Gasteiger partial charge in [0.25, 0.3) is 0 Å². The van der Waals surface area contributed by atoms with Crippen molar-refractivity contribution < 1.29 is 9.90 Å². The van der Waals surface area contributed by atoms with Crippen LogP contribution < -0.4 is 5.32 Å². The van der Waals surface area contributed by atoms with E-state index in [0.29, 0.717) is 31.7 Å². The third-order valence-electron chi connectivity index (χ3n) is 3.68. The van der Waals surface area contributed by atoms with Gasteiger partial charge in [-0.1, -0.05) is 19.1 Å². The zero-order valence-electron chi connectivity index (χ0n) is 11.0. The Bertz CT molecular complexity index is 496. The standard InChI is InChI=1S/C15H18N2O2/c1-11-8-15(9-11,10-16)14(19)17-7-6-12-2-4-13(18)5-3-12/h2-5,11,18H,6-9H2,1H3,(H,17,19). The van der Waals surface area contributed by atoms with E-state index in [4.69, 9.17) is 10.4 Å². The minimum absolute atomic E-state index is 0.146. The van der Waals surface area contributed by atoms with E-state index in [1.807, 2.05) is 12.1 Å². The lowest BCUT2D eigenvalue weighted by Crippen LogP contribution is -2.48. The third-order valence-corrected chi connectivity index (χ3v) is 3.68. The van der Waals surface area contributed by atoms with Crippen molar-refractivity contribution in [1.29, 1.82) is 5.26 Å². The van der Waals surface area contributed by atoms with Crippen LogP contribution in [0.15, 0.2) is 24.3 Å². The van der Waals surface area contributed by atoms with Gasteiger partial charge in [0.15, 0.2) is 0 Å². The highest BCUT2D eigenvalue weighted by atomic mass is 16.3. The van der Waals surface area contributed by atoms with Crippen LogP contribution in [-0.2, 0) is 11.2 Å². The van der Waals surface area contributed by atoms with E-state index >= 15 is 0 Å². The summed E-state index contributed by atoms with van der Waals surface area (Å²) in [4.78, 5) is 12.0. The maximum absolute atomic E-state index is 12.0. The fourth-order valence-electron chi connectivity index (χ4n) is 2.61. The molecule has 0 radical (unpaired) electrons. The minimum Gasteiger partial charge on any atom is -0.508 e. The highest BCUT2D eigenvalue weighted by Gasteiger charge is 2.48. The van der Waals surface area contributed by atoms with Crippen molar-refractivity contribution in [3.63, 3.8) is 0 Å². The molecule has 0 aliphatic heterocycles. The van der Waals surface area contributed by atoms with Crippen LogP contribution in [-0.4, -0.2) is 17.6 Å². The number of carbonyl (C=O) groups excluding carboxylic acids is 1. The number of amides is 1. The molecule has 0 bridgehead atoms. The predicted octanol–water partition coefficient (Wildman–Crippen LogP) is 1.99. The first kappa shape index (κ1) is 13.4. The van der Waals surface area contributed by atoms with Crippen molar-refractivity contribution >= 4 is 5.91 Å². The zero-order valence-corrected chi connectivity index (χ0v) is 11.0. The van der Waals surface area contributed by atoms with Crippen molar-refractivity contribution in [1.82, 2.24) is 5.32 Å². The fourth-order valence-corrected chi connectivity index (χ4v) is 2.61. The molecular weight excluding hydrogens is 240 g/mol. The average molecular weight is 258 g/mol. The number of nitrogens with zero attached hydrogens (tertiary/aromatic N) is 1. The maximum Gasteiger partial charge on any atom is 0.240 e. The van der Waals surface area contributed by atoms with Crippen LogP contribution >= 0.6 is 0 Å². The molecular formula is C15H18N2O2. The van der Waals surface area contributed by atoms with E-state index in [0.717, 1.165) is 5.56 Å². The normalized spacial score (nSPS) is 25.2. The minimum atomic E-state index is -0.797. The van der Waals surface area contributed by atoms with Crippen molar-refractivity contribution in [3.8, 4) is 11.8 Å². The summed E-state index contributed by atoms with van der Waals surface area (Å²) in [7, 11) is 0. The second-order valence-corrected chi connectivity index (χ2v) is 5.38. The van der Waals surface area contributed by atoms with Gasteiger partial charge in [0, 0.05) is 6.54 Å². The van der Waals surface area contributed by atoms with Crippen LogP contribution in [0.1, 0.15) is 25.3 Å². The number of nitriles is 1. The predicted molar refractivity (Wildman–Crippen MR) is 71.3 cm³/mol. The van der Waals surface area contributed by atoms with Crippen molar-refractivity contribution in [3.05, 3.63) is 29.8 Å². The summed E-state index contributed by atoms with van der Waals surface area (Å²) in [6.45, 7) is 2.57. The number of nitrogens with one attached hydrogen (secondary N) is 1. The molecule has 1 aromatic rings. The van der Waals surface area contributed by atoms with Crippen LogP contribution in [0.25, 0.3) is 0 Å². The number of benzene rings is 1. The fraction of sp³-hybridized carbons (Fsp3) is 0.467. The molecule has 4 nitrogen and oxygen atoms in total. The van der Waals surface area contributed by atoms with Crippen LogP contribution in [0.5, 0.6) is 5.75 Å². The van der Waals surface area contributed by atoms with Gasteiger partial charge in [-0.2, -0.15) is 5.26 Å². The van der Waals surface area contributed by atoms with Crippen LogP contribution in [0.4, 0.5) is 0 Å². The van der Waals surface area contributed by atoms with Gasteiger partial charge in [0.2, 0.25) is 5.91 Å². The molecule has 0 unspecified atom stereocenters. The van der Waals surface area contributed by atoms with Crippen LogP contribution in [0, 0.1) is 22.7 Å². The summed E-state index contributed by atoms with van der Waals surface area (Å²) >= 11 is 0. The smallest absolute Gasteiger partial charge is 0.240 e. The largest absolute Gasteiger partial charge is 0.508 e. The monoisotopic (exact) mass is 258 g/mol. The summed E-state index contributed by atoms with van der Waals surface area (Å²) < 4.78 is 0. The molecule has 1 saturated carbocycles. The lowest BCUT2D eigenvalue weighted by Gasteiger charge is -2.39. The Labute approximate surface area is 113 Å². The van der Waals surface area contributed by atoms with Crippen LogP contribution in [0.2, 0.25) is 0 Å². The molecule has 0 atom stereocenters. The Hall–Kier alpha value is -2.02. The summed E-state index contributed by atoms with van der Waals surface area (Å²) in [6, 6.07) is 9.06. The van der Waals surface area contributed by atoms with Gasteiger partial charge in [0.1, 0.15) is 11.2 Å². The Morgan fingerprint density at radius 1 is 1.47 bits per heavy atom. The molecule has 1 amide bonds. The highest BCUT2D eigenvalue weighted by molar-refractivity contribution is 5.86. The quantitative estimate of drug-likeness (QED) is 0.867. The van der Waals surface area contributed by atoms with E-state index in [9.17, 15) is 4.79 Å². The molecule has 0 saturated heterocycles. The van der Waals surface area contributed by atoms with Crippen LogP contribution in [0.3, 0.4) is 0 Å². The lowest BCUT2D eigenvalue weighted by molar-refractivity contribution is -0.133. The zero-order chi connectivity index (χ0) is 13.9. The molecule has 1 fully saturated rings. The molecule has 4 heteroatoms. The molecule has 0 heterocycles. The number of phenolic OH excluding ortho intramolecular Hbond substituents is 1. The first-order chi connectivity index (χ1) is 9.05. The van der Waals surface area contributed by atoms with E-state index in [2.05, 4.69) is 18.3 Å². The Morgan fingerprint density at radius 2 is 2.11 bits per heavy atom. The van der Waals surface area contributed by atoms with E-state index in [1.165, 1.54) is 0 Å². The number of hydrogen-bond acceptors (Lipinski definition) is 3. The second-order valence-electron chi connectivity index (χ2n) is 5.38.